The van der Waals surface area contributed by atoms with Crippen molar-refractivity contribution in [2.75, 3.05) is 13.1 Å². The van der Waals surface area contributed by atoms with Crippen LogP contribution in [0.25, 0.3) is 0 Å². The summed E-state index contributed by atoms with van der Waals surface area (Å²) < 4.78 is 5.64. The zero-order chi connectivity index (χ0) is 16.0. The summed E-state index contributed by atoms with van der Waals surface area (Å²) >= 11 is 0. The molecule has 124 valence electrons. The fourth-order valence-corrected chi connectivity index (χ4v) is 2.88. The molecule has 3 N–H and O–H groups in total. The third-order valence-corrected chi connectivity index (χ3v) is 4.20. The van der Waals surface area contributed by atoms with E-state index in [0.717, 1.165) is 49.7 Å². The van der Waals surface area contributed by atoms with Gasteiger partial charge in [-0.05, 0) is 45.7 Å². The number of guanidine groups is 1. The summed E-state index contributed by atoms with van der Waals surface area (Å²) in [6, 6.07) is 3.97. The number of hydrogen-bond donors (Lipinski definition) is 3. The van der Waals surface area contributed by atoms with Crippen molar-refractivity contribution in [2.24, 2.45) is 4.99 Å². The molecule has 1 saturated carbocycles. The fraction of sp³-hybridized carbons (Fsp3) is 0.706. The molecule has 1 aliphatic rings. The first-order chi connectivity index (χ1) is 10.5. The maximum absolute atomic E-state index is 10.6. The number of hydrogen-bond acceptors (Lipinski definition) is 3. The van der Waals surface area contributed by atoms with Gasteiger partial charge < -0.3 is 20.2 Å². The van der Waals surface area contributed by atoms with Gasteiger partial charge in [-0.3, -0.25) is 4.99 Å². The van der Waals surface area contributed by atoms with Crippen molar-refractivity contribution >= 4 is 5.96 Å². The lowest BCUT2D eigenvalue weighted by Gasteiger charge is -2.30. The molecule has 1 heterocycles. The van der Waals surface area contributed by atoms with Crippen LogP contribution >= 0.6 is 0 Å². The van der Waals surface area contributed by atoms with Crippen molar-refractivity contribution in [2.45, 2.75) is 64.5 Å². The van der Waals surface area contributed by atoms with Crippen LogP contribution in [0, 0.1) is 6.92 Å². The van der Waals surface area contributed by atoms with E-state index in [1.807, 2.05) is 32.9 Å². The molecular weight excluding hydrogens is 278 g/mol. The number of aliphatic imine (C=N–C) groups is 1. The maximum Gasteiger partial charge on any atom is 0.191 e. The number of furan rings is 1. The molecule has 5 heteroatoms. The van der Waals surface area contributed by atoms with Gasteiger partial charge in [-0.25, -0.2) is 0 Å². The largest absolute Gasteiger partial charge is 0.464 e. The van der Waals surface area contributed by atoms with E-state index in [2.05, 4.69) is 15.6 Å². The van der Waals surface area contributed by atoms with Gasteiger partial charge in [0.25, 0.3) is 0 Å². The van der Waals surface area contributed by atoms with Crippen LogP contribution in [-0.2, 0) is 0 Å². The Balaban J connectivity index is 1.97. The molecule has 0 amide bonds. The van der Waals surface area contributed by atoms with Gasteiger partial charge in [-0.15, -0.1) is 0 Å². The first-order valence-corrected chi connectivity index (χ1v) is 8.36. The van der Waals surface area contributed by atoms with Crippen molar-refractivity contribution in [3.8, 4) is 0 Å². The third-order valence-electron chi connectivity index (χ3n) is 4.20. The maximum atomic E-state index is 10.6. The Morgan fingerprint density at radius 2 is 2.09 bits per heavy atom. The van der Waals surface area contributed by atoms with Crippen LogP contribution in [0.4, 0.5) is 0 Å². The fourth-order valence-electron chi connectivity index (χ4n) is 2.88. The molecular formula is C17H29N3O2. The van der Waals surface area contributed by atoms with Crippen LogP contribution < -0.4 is 10.6 Å². The summed E-state index contributed by atoms with van der Waals surface area (Å²) in [6.07, 6.45) is 5.11. The van der Waals surface area contributed by atoms with Crippen LogP contribution in [0.1, 0.15) is 63.5 Å². The van der Waals surface area contributed by atoms with Crippen LogP contribution in [0.15, 0.2) is 21.5 Å². The van der Waals surface area contributed by atoms with Crippen molar-refractivity contribution in [3.63, 3.8) is 0 Å². The molecule has 1 fully saturated rings. The number of nitrogens with zero attached hydrogens (tertiary/aromatic N) is 1. The van der Waals surface area contributed by atoms with Crippen molar-refractivity contribution < 1.29 is 9.52 Å². The Bertz CT molecular complexity index is 490. The highest BCUT2D eigenvalue weighted by atomic mass is 16.3. The van der Waals surface area contributed by atoms with Gasteiger partial charge in [0.05, 0.1) is 18.2 Å². The zero-order valence-electron chi connectivity index (χ0n) is 14.0. The molecule has 1 unspecified atom stereocenters. The molecule has 1 aromatic rings. The van der Waals surface area contributed by atoms with Crippen molar-refractivity contribution in [3.05, 3.63) is 23.7 Å². The number of nitrogens with one attached hydrogen (secondary N) is 2. The van der Waals surface area contributed by atoms with Gasteiger partial charge in [-0.1, -0.05) is 19.3 Å². The van der Waals surface area contributed by atoms with E-state index in [1.54, 1.807) is 0 Å². The molecule has 1 atom stereocenters. The van der Waals surface area contributed by atoms with E-state index in [0.29, 0.717) is 6.54 Å². The van der Waals surface area contributed by atoms with E-state index in [9.17, 15) is 5.11 Å². The molecule has 2 rings (SSSR count). The van der Waals surface area contributed by atoms with Gasteiger partial charge in [-0.2, -0.15) is 0 Å². The standard InChI is InChI=1S/C17H29N3O2/c1-4-18-16(19-12-17(21)10-6-5-7-11-17)20-14(3)15-9-8-13(2)22-15/h8-9,14,21H,4-7,10-12H2,1-3H3,(H2,18,19,20). The van der Waals surface area contributed by atoms with E-state index in [1.165, 1.54) is 6.42 Å². The first-order valence-electron chi connectivity index (χ1n) is 8.36. The predicted molar refractivity (Wildman–Crippen MR) is 89.0 cm³/mol. The quantitative estimate of drug-likeness (QED) is 0.578. The monoisotopic (exact) mass is 307 g/mol. The summed E-state index contributed by atoms with van der Waals surface area (Å²) in [6.45, 7) is 7.25. The normalized spacial score (nSPS) is 19.7. The first kappa shape index (κ1) is 16.9. The highest BCUT2D eigenvalue weighted by Crippen LogP contribution is 2.28. The molecule has 0 spiro atoms. The Labute approximate surface area is 133 Å². The average Bonchev–Trinajstić information content (AvgIpc) is 2.93. The summed E-state index contributed by atoms with van der Waals surface area (Å²) in [5, 5.41) is 17.1. The highest BCUT2D eigenvalue weighted by Gasteiger charge is 2.29. The van der Waals surface area contributed by atoms with Gasteiger partial charge in [0.2, 0.25) is 0 Å². The average molecular weight is 307 g/mol. The summed E-state index contributed by atoms with van der Waals surface area (Å²) in [7, 11) is 0. The van der Waals surface area contributed by atoms with E-state index in [-0.39, 0.29) is 6.04 Å². The summed E-state index contributed by atoms with van der Waals surface area (Å²) in [5.41, 5.74) is -0.634. The summed E-state index contributed by atoms with van der Waals surface area (Å²) in [4.78, 5) is 4.58. The second-order valence-electron chi connectivity index (χ2n) is 6.29. The molecule has 0 radical (unpaired) electrons. The second-order valence-corrected chi connectivity index (χ2v) is 6.29. The third kappa shape index (κ3) is 4.77. The lowest BCUT2D eigenvalue weighted by molar-refractivity contribution is 0.0131. The Hall–Kier alpha value is -1.49. The molecule has 22 heavy (non-hydrogen) atoms. The van der Waals surface area contributed by atoms with Crippen molar-refractivity contribution in [1.29, 1.82) is 0 Å². The Morgan fingerprint density at radius 1 is 1.36 bits per heavy atom. The van der Waals surface area contributed by atoms with Gasteiger partial charge in [0, 0.05) is 6.54 Å². The van der Waals surface area contributed by atoms with E-state index in [4.69, 9.17) is 4.42 Å². The Kier molecular flexibility index (Phi) is 5.89. The Morgan fingerprint density at radius 3 is 2.68 bits per heavy atom. The minimum atomic E-state index is -0.634. The molecule has 1 aliphatic carbocycles. The minimum Gasteiger partial charge on any atom is -0.464 e. The minimum absolute atomic E-state index is 0.0347. The van der Waals surface area contributed by atoms with E-state index >= 15 is 0 Å². The summed E-state index contributed by atoms with van der Waals surface area (Å²) in [5.74, 6) is 2.52. The molecule has 5 nitrogen and oxygen atoms in total. The second kappa shape index (κ2) is 7.68. The van der Waals surface area contributed by atoms with Gasteiger partial charge in [0.1, 0.15) is 11.5 Å². The van der Waals surface area contributed by atoms with Crippen LogP contribution in [0.3, 0.4) is 0 Å². The van der Waals surface area contributed by atoms with Crippen LogP contribution in [-0.4, -0.2) is 29.8 Å². The molecule has 0 bridgehead atoms. The number of aliphatic hydroxyl groups is 1. The van der Waals surface area contributed by atoms with Crippen molar-refractivity contribution in [1.82, 2.24) is 10.6 Å². The van der Waals surface area contributed by atoms with Crippen LogP contribution in [0.2, 0.25) is 0 Å². The number of rotatable bonds is 5. The topological polar surface area (TPSA) is 69.8 Å². The predicted octanol–water partition coefficient (Wildman–Crippen LogP) is 2.90. The lowest BCUT2D eigenvalue weighted by Crippen LogP contribution is -2.41. The molecule has 1 aromatic heterocycles. The SMILES string of the molecule is CCNC(=NCC1(O)CCCCC1)NC(C)c1ccc(C)o1. The highest BCUT2D eigenvalue weighted by molar-refractivity contribution is 5.80. The molecule has 0 aromatic carbocycles. The number of aryl methyl sites for hydroxylation is 1. The van der Waals surface area contributed by atoms with Gasteiger partial charge in [0.15, 0.2) is 5.96 Å². The zero-order valence-corrected chi connectivity index (χ0v) is 14.0. The lowest BCUT2D eigenvalue weighted by atomic mass is 9.85. The molecule has 0 saturated heterocycles. The van der Waals surface area contributed by atoms with Crippen LogP contribution in [0.5, 0.6) is 0 Å². The van der Waals surface area contributed by atoms with E-state index < -0.39 is 5.60 Å². The van der Waals surface area contributed by atoms with Gasteiger partial charge >= 0.3 is 0 Å². The molecule has 0 aliphatic heterocycles. The smallest absolute Gasteiger partial charge is 0.191 e.